The van der Waals surface area contributed by atoms with E-state index in [4.69, 9.17) is 4.74 Å². The Kier molecular flexibility index (Phi) is 3.77. The van der Waals surface area contributed by atoms with Crippen LogP contribution >= 0.6 is 11.3 Å². The third-order valence-electron chi connectivity index (χ3n) is 3.71. The number of rotatable bonds is 4. The van der Waals surface area contributed by atoms with Crippen molar-refractivity contribution in [2.45, 2.75) is 13.5 Å². The number of thiazole rings is 1. The van der Waals surface area contributed by atoms with Crippen LogP contribution in [0, 0.1) is 6.92 Å². The van der Waals surface area contributed by atoms with E-state index in [0.717, 1.165) is 17.0 Å². The van der Waals surface area contributed by atoms with Gasteiger partial charge in [-0.05, 0) is 24.3 Å². The van der Waals surface area contributed by atoms with E-state index in [1.807, 2.05) is 36.6 Å². The predicted octanol–water partition coefficient (Wildman–Crippen LogP) is 1.77. The number of hydrogen-bond acceptors (Lipinski definition) is 7. The van der Waals surface area contributed by atoms with Crippen molar-refractivity contribution in [3.05, 3.63) is 57.5 Å². The van der Waals surface area contributed by atoms with Gasteiger partial charge in [-0.3, -0.25) is 9.20 Å². The smallest absolute Gasteiger partial charge is 0.259 e. The van der Waals surface area contributed by atoms with Gasteiger partial charge in [0.05, 0.1) is 12.8 Å². The second-order valence-electron chi connectivity index (χ2n) is 5.46. The minimum atomic E-state index is -0.105. The van der Waals surface area contributed by atoms with Crippen molar-refractivity contribution in [1.29, 1.82) is 0 Å². The Bertz CT molecular complexity index is 1110. The molecule has 0 unspecified atom stereocenters. The first kappa shape index (κ1) is 15.5. The third-order valence-corrected chi connectivity index (χ3v) is 4.66. The monoisotopic (exact) mass is 354 g/mol. The number of aromatic nitrogens is 6. The molecular weight excluding hydrogens is 340 g/mol. The summed E-state index contributed by atoms with van der Waals surface area (Å²) in [6.45, 7) is 2.16. The van der Waals surface area contributed by atoms with Gasteiger partial charge in [0.15, 0.2) is 4.96 Å². The molecule has 4 rings (SSSR count). The molecule has 0 spiro atoms. The summed E-state index contributed by atoms with van der Waals surface area (Å²) in [7, 11) is 1.61. The molecule has 126 valence electrons. The molecule has 9 heteroatoms. The van der Waals surface area contributed by atoms with Crippen LogP contribution in [0.3, 0.4) is 0 Å². The first-order chi connectivity index (χ1) is 12.1. The van der Waals surface area contributed by atoms with Crippen molar-refractivity contribution in [3.8, 4) is 17.1 Å². The summed E-state index contributed by atoms with van der Waals surface area (Å²) in [6, 6.07) is 8.94. The number of fused-ring (bicyclic) bond motifs is 1. The zero-order chi connectivity index (χ0) is 17.4. The molecule has 8 nitrogen and oxygen atoms in total. The van der Waals surface area contributed by atoms with E-state index in [0.29, 0.717) is 16.5 Å². The van der Waals surface area contributed by atoms with E-state index in [9.17, 15) is 4.79 Å². The van der Waals surface area contributed by atoms with Crippen molar-refractivity contribution in [2.75, 3.05) is 7.11 Å². The maximum absolute atomic E-state index is 12.2. The van der Waals surface area contributed by atoms with E-state index in [1.54, 1.807) is 11.5 Å². The largest absolute Gasteiger partial charge is 0.497 e. The molecule has 0 bridgehead atoms. The Morgan fingerprint density at radius 3 is 3.00 bits per heavy atom. The van der Waals surface area contributed by atoms with Gasteiger partial charge in [-0.1, -0.05) is 12.1 Å². The Morgan fingerprint density at radius 1 is 1.28 bits per heavy atom. The fourth-order valence-electron chi connectivity index (χ4n) is 2.51. The highest BCUT2D eigenvalue weighted by Crippen LogP contribution is 2.20. The highest BCUT2D eigenvalue weighted by Gasteiger charge is 2.10. The van der Waals surface area contributed by atoms with Crippen LogP contribution in [0.15, 0.2) is 40.5 Å². The van der Waals surface area contributed by atoms with Gasteiger partial charge < -0.3 is 4.74 Å². The average molecular weight is 354 g/mol. The molecule has 1 aromatic carbocycles. The number of hydrogen-bond donors (Lipinski definition) is 0. The second-order valence-corrected chi connectivity index (χ2v) is 6.29. The number of aryl methyl sites for hydroxylation is 1. The summed E-state index contributed by atoms with van der Waals surface area (Å²) >= 11 is 1.43. The maximum atomic E-state index is 12.2. The van der Waals surface area contributed by atoms with Gasteiger partial charge in [-0.15, -0.1) is 21.5 Å². The van der Waals surface area contributed by atoms with Crippen molar-refractivity contribution >= 4 is 16.3 Å². The number of ether oxygens (including phenoxy) is 1. The van der Waals surface area contributed by atoms with E-state index in [-0.39, 0.29) is 12.1 Å². The Balaban J connectivity index is 1.64. The summed E-state index contributed by atoms with van der Waals surface area (Å²) in [5.74, 6) is 1.21. The van der Waals surface area contributed by atoms with Crippen LogP contribution in [-0.2, 0) is 6.54 Å². The van der Waals surface area contributed by atoms with E-state index < -0.39 is 0 Å². The zero-order valence-corrected chi connectivity index (χ0v) is 14.4. The van der Waals surface area contributed by atoms with Crippen molar-refractivity contribution < 1.29 is 4.74 Å². The van der Waals surface area contributed by atoms with Crippen LogP contribution < -0.4 is 10.3 Å². The molecule has 3 heterocycles. The van der Waals surface area contributed by atoms with Crippen LogP contribution in [0.25, 0.3) is 16.3 Å². The lowest BCUT2D eigenvalue weighted by Gasteiger charge is -2.01. The van der Waals surface area contributed by atoms with Crippen LogP contribution in [0.2, 0.25) is 0 Å². The zero-order valence-electron chi connectivity index (χ0n) is 13.6. The lowest BCUT2D eigenvalue weighted by Crippen LogP contribution is -2.17. The minimum absolute atomic E-state index is 0.105. The molecule has 3 aromatic heterocycles. The van der Waals surface area contributed by atoms with Crippen molar-refractivity contribution in [2.24, 2.45) is 0 Å². The van der Waals surface area contributed by atoms with Gasteiger partial charge in [0.2, 0.25) is 5.82 Å². The summed E-state index contributed by atoms with van der Waals surface area (Å²) in [6.07, 6.45) is 0. The van der Waals surface area contributed by atoms with E-state index in [1.165, 1.54) is 22.2 Å². The van der Waals surface area contributed by atoms with Gasteiger partial charge in [0.1, 0.15) is 12.3 Å². The number of nitrogens with zero attached hydrogens (tertiary/aromatic N) is 6. The summed E-state index contributed by atoms with van der Waals surface area (Å²) in [4.78, 5) is 18.8. The summed E-state index contributed by atoms with van der Waals surface area (Å²) < 4.78 is 6.79. The Hall–Kier alpha value is -3.07. The van der Waals surface area contributed by atoms with Crippen LogP contribution in [0.4, 0.5) is 0 Å². The highest BCUT2D eigenvalue weighted by atomic mass is 32.1. The quantitative estimate of drug-likeness (QED) is 0.555. The molecule has 0 N–H and O–H groups in total. The molecule has 4 aromatic rings. The van der Waals surface area contributed by atoms with Crippen LogP contribution in [-0.4, -0.2) is 36.7 Å². The molecule has 0 fully saturated rings. The first-order valence-corrected chi connectivity index (χ1v) is 8.41. The second kappa shape index (κ2) is 6.10. The maximum Gasteiger partial charge on any atom is 0.259 e. The van der Waals surface area contributed by atoms with Gasteiger partial charge >= 0.3 is 0 Å². The highest BCUT2D eigenvalue weighted by molar-refractivity contribution is 7.15. The van der Waals surface area contributed by atoms with Gasteiger partial charge in [-0.25, -0.2) is 4.98 Å². The lowest BCUT2D eigenvalue weighted by atomic mass is 10.2. The Labute approximate surface area is 146 Å². The normalized spacial score (nSPS) is 11.1. The summed E-state index contributed by atoms with van der Waals surface area (Å²) in [5.41, 5.74) is 2.18. The predicted molar refractivity (Wildman–Crippen MR) is 93.0 cm³/mol. The Morgan fingerprint density at radius 2 is 2.16 bits per heavy atom. The minimum Gasteiger partial charge on any atom is -0.497 e. The number of benzene rings is 1. The molecular formula is C16H14N6O2S. The molecule has 0 radical (unpaired) electrons. The molecule has 0 aliphatic rings. The fourth-order valence-corrected chi connectivity index (χ4v) is 3.41. The molecule has 0 saturated carbocycles. The van der Waals surface area contributed by atoms with Gasteiger partial charge in [-0.2, -0.15) is 4.80 Å². The summed E-state index contributed by atoms with van der Waals surface area (Å²) in [5, 5.41) is 14.4. The first-order valence-electron chi connectivity index (χ1n) is 7.53. The molecule has 0 aliphatic carbocycles. The molecule has 0 amide bonds. The van der Waals surface area contributed by atoms with Gasteiger partial charge in [0, 0.05) is 22.7 Å². The standard InChI is InChI=1S/C16H14N6O2S/c1-10-9-25-16-17-12(7-14(23)22(10)16)8-21-19-15(18-20-21)11-4-3-5-13(6-11)24-2/h3-7,9H,8H2,1-2H3. The molecule has 25 heavy (non-hydrogen) atoms. The SMILES string of the molecule is COc1cccc(-c2nnn(Cc3cc(=O)n4c(C)csc4n3)n2)c1. The molecule has 0 saturated heterocycles. The topological polar surface area (TPSA) is 87.2 Å². The lowest BCUT2D eigenvalue weighted by molar-refractivity contribution is 0.415. The molecule has 0 aliphatic heterocycles. The van der Waals surface area contributed by atoms with Crippen LogP contribution in [0.5, 0.6) is 5.75 Å². The third kappa shape index (κ3) is 2.89. The number of methoxy groups -OCH3 is 1. The van der Waals surface area contributed by atoms with Crippen LogP contribution in [0.1, 0.15) is 11.4 Å². The fraction of sp³-hybridized carbons (Fsp3) is 0.188. The van der Waals surface area contributed by atoms with Crippen molar-refractivity contribution in [1.82, 2.24) is 29.6 Å². The van der Waals surface area contributed by atoms with E-state index in [2.05, 4.69) is 20.4 Å². The average Bonchev–Trinajstić information content (AvgIpc) is 3.22. The van der Waals surface area contributed by atoms with E-state index >= 15 is 0 Å². The van der Waals surface area contributed by atoms with Crippen molar-refractivity contribution in [3.63, 3.8) is 0 Å². The van der Waals surface area contributed by atoms with Gasteiger partial charge in [0.25, 0.3) is 5.56 Å². The number of tetrazole rings is 1. The molecule has 0 atom stereocenters.